The number of aromatic nitrogens is 1. The number of pyridine rings is 1. The molecule has 7 nitrogen and oxygen atoms in total. The summed E-state index contributed by atoms with van der Waals surface area (Å²) in [5, 5.41) is 14.3. The van der Waals surface area contributed by atoms with Crippen LogP contribution in [-0.4, -0.2) is 45.8 Å². The van der Waals surface area contributed by atoms with Gasteiger partial charge < -0.3 is 9.64 Å². The van der Waals surface area contributed by atoms with Gasteiger partial charge in [-0.2, -0.15) is 10.4 Å². The molecule has 3 atom stereocenters. The summed E-state index contributed by atoms with van der Waals surface area (Å²) in [5.41, 5.74) is 0.606. The van der Waals surface area contributed by atoms with E-state index < -0.39 is 17.7 Å². The van der Waals surface area contributed by atoms with Crippen molar-refractivity contribution in [1.82, 2.24) is 14.9 Å². The summed E-state index contributed by atoms with van der Waals surface area (Å²) in [6.07, 6.45) is 3.18. The van der Waals surface area contributed by atoms with E-state index in [1.807, 2.05) is 13.0 Å². The van der Waals surface area contributed by atoms with Gasteiger partial charge in [0.05, 0.1) is 18.6 Å². The number of hydrogen-bond donors (Lipinski definition) is 0. The lowest BCUT2D eigenvalue weighted by atomic mass is 10.0. The highest BCUT2D eigenvalue weighted by Gasteiger charge is 2.44. The first-order valence-corrected chi connectivity index (χ1v) is 9.07. The van der Waals surface area contributed by atoms with Crippen molar-refractivity contribution in [1.29, 1.82) is 5.26 Å². The Morgan fingerprint density at radius 3 is 2.72 bits per heavy atom. The zero-order chi connectivity index (χ0) is 20.5. The molecule has 0 unspecified atom stereocenters. The number of benzene rings is 1. The Morgan fingerprint density at radius 1 is 1.28 bits per heavy atom. The van der Waals surface area contributed by atoms with Gasteiger partial charge in [0.25, 0.3) is 0 Å². The Bertz CT molecular complexity index is 1000. The number of amides is 2. The molecule has 2 aliphatic heterocycles. The van der Waals surface area contributed by atoms with Crippen molar-refractivity contribution >= 4 is 12.2 Å². The van der Waals surface area contributed by atoms with E-state index in [0.29, 0.717) is 24.3 Å². The van der Waals surface area contributed by atoms with Gasteiger partial charge in [-0.25, -0.2) is 23.6 Å². The average molecular weight is 397 g/mol. The summed E-state index contributed by atoms with van der Waals surface area (Å²) >= 11 is 0. The lowest BCUT2D eigenvalue weighted by Crippen LogP contribution is -2.64. The molecule has 0 bridgehead atoms. The number of halogens is 2. The molecule has 29 heavy (non-hydrogen) atoms. The number of ether oxygens (including phenoxy) is 1. The molecule has 9 heteroatoms. The van der Waals surface area contributed by atoms with E-state index in [9.17, 15) is 13.6 Å². The molecule has 1 fully saturated rings. The Hall–Kier alpha value is -3.54. The molecular weight excluding hydrogens is 380 g/mol. The van der Waals surface area contributed by atoms with E-state index in [1.54, 1.807) is 17.2 Å². The lowest BCUT2D eigenvalue weighted by Gasteiger charge is -2.46. The number of rotatable bonds is 3. The van der Waals surface area contributed by atoms with E-state index in [-0.39, 0.29) is 23.9 Å². The second kappa shape index (κ2) is 7.47. The number of hydrazone groups is 1. The van der Waals surface area contributed by atoms with Gasteiger partial charge in [-0.15, -0.1) is 0 Å². The number of nitriles is 1. The molecule has 148 valence electrons. The molecule has 2 aliphatic rings. The Kier molecular flexibility index (Phi) is 4.84. The first kappa shape index (κ1) is 18.8. The second-order valence-electron chi connectivity index (χ2n) is 6.92. The van der Waals surface area contributed by atoms with Crippen LogP contribution in [0.2, 0.25) is 0 Å². The normalized spacial score (nSPS) is 22.9. The molecule has 4 rings (SSSR count). The van der Waals surface area contributed by atoms with Crippen LogP contribution >= 0.6 is 0 Å². The van der Waals surface area contributed by atoms with Crippen LogP contribution in [0.25, 0.3) is 0 Å². The van der Waals surface area contributed by atoms with Crippen LogP contribution < -0.4 is 4.74 Å². The SMILES string of the molecule is C[C@@H]1[C@@H](Oc2ccnc(C#N)c2)CN1C(=O)N1N=CC[C@H]1c1cc(F)cc(F)c1. The first-order chi connectivity index (χ1) is 14.0. The number of nitrogens with zero attached hydrogens (tertiary/aromatic N) is 5. The number of urea groups is 1. The van der Waals surface area contributed by atoms with Gasteiger partial charge in [0.15, 0.2) is 0 Å². The molecule has 1 aromatic heterocycles. The summed E-state index contributed by atoms with van der Waals surface area (Å²) in [4.78, 5) is 18.4. The van der Waals surface area contributed by atoms with E-state index in [2.05, 4.69) is 10.1 Å². The topological polar surface area (TPSA) is 81.8 Å². The lowest BCUT2D eigenvalue weighted by molar-refractivity contribution is -0.0197. The monoisotopic (exact) mass is 397 g/mol. The number of carbonyl (C=O) groups excluding carboxylic acids is 1. The molecule has 0 aliphatic carbocycles. The second-order valence-corrected chi connectivity index (χ2v) is 6.92. The van der Waals surface area contributed by atoms with Crippen molar-refractivity contribution < 1.29 is 18.3 Å². The van der Waals surface area contributed by atoms with Gasteiger partial charge in [-0.05, 0) is 30.7 Å². The highest BCUT2D eigenvalue weighted by Crippen LogP contribution is 2.33. The molecule has 0 radical (unpaired) electrons. The van der Waals surface area contributed by atoms with E-state index in [0.717, 1.165) is 6.07 Å². The predicted molar refractivity (Wildman–Crippen MR) is 99.0 cm³/mol. The maximum atomic E-state index is 13.6. The standard InChI is InChI=1S/C20H17F2N5O2/c1-12-19(29-17-2-4-24-16(9-17)10-23)11-26(12)20(28)27-18(3-5-25-27)13-6-14(21)8-15(22)7-13/h2,4-9,12,18-19H,3,11H2,1H3/t12-,18+,19+/m1/s1. The summed E-state index contributed by atoms with van der Waals surface area (Å²) in [6.45, 7) is 2.18. The van der Waals surface area contributed by atoms with Gasteiger partial charge in [0, 0.05) is 31.0 Å². The largest absolute Gasteiger partial charge is 0.486 e. The van der Waals surface area contributed by atoms with Gasteiger partial charge in [-0.3, -0.25) is 0 Å². The van der Waals surface area contributed by atoms with Gasteiger partial charge in [0.1, 0.15) is 35.3 Å². The molecule has 0 saturated carbocycles. The molecular formula is C20H17F2N5O2. The number of likely N-dealkylation sites (tertiary alicyclic amines) is 1. The highest BCUT2D eigenvalue weighted by atomic mass is 19.1. The third-order valence-electron chi connectivity index (χ3n) is 5.08. The zero-order valence-electron chi connectivity index (χ0n) is 15.5. The van der Waals surface area contributed by atoms with Crippen molar-refractivity contribution in [3.05, 3.63) is 59.4 Å². The van der Waals surface area contributed by atoms with Gasteiger partial charge in [-0.1, -0.05) is 0 Å². The molecule has 2 aromatic rings. The fourth-order valence-electron chi connectivity index (χ4n) is 3.46. The minimum Gasteiger partial charge on any atom is -0.486 e. The molecule has 0 N–H and O–H groups in total. The third-order valence-corrected chi connectivity index (χ3v) is 5.08. The quantitative estimate of drug-likeness (QED) is 0.796. The first-order valence-electron chi connectivity index (χ1n) is 9.07. The van der Waals surface area contributed by atoms with Crippen LogP contribution in [0.5, 0.6) is 5.75 Å². The van der Waals surface area contributed by atoms with Crippen molar-refractivity contribution in [3.8, 4) is 11.8 Å². The summed E-state index contributed by atoms with van der Waals surface area (Å²) in [5.74, 6) is -0.883. The molecule has 1 aromatic carbocycles. The smallest absolute Gasteiger partial charge is 0.341 e. The molecule has 2 amide bonds. The van der Waals surface area contributed by atoms with Gasteiger partial charge in [0.2, 0.25) is 0 Å². The molecule has 3 heterocycles. The van der Waals surface area contributed by atoms with Crippen LogP contribution in [0, 0.1) is 23.0 Å². The van der Waals surface area contributed by atoms with Gasteiger partial charge >= 0.3 is 6.03 Å². The molecule has 1 saturated heterocycles. The van der Waals surface area contributed by atoms with E-state index in [4.69, 9.17) is 10.00 Å². The summed E-state index contributed by atoms with van der Waals surface area (Å²) in [6, 6.07) is 7.21. The van der Waals surface area contributed by atoms with Crippen LogP contribution in [0.15, 0.2) is 41.6 Å². The summed E-state index contributed by atoms with van der Waals surface area (Å²) in [7, 11) is 0. The average Bonchev–Trinajstić information content (AvgIpc) is 3.19. The van der Waals surface area contributed by atoms with Crippen molar-refractivity contribution in [2.45, 2.75) is 31.5 Å². The predicted octanol–water partition coefficient (Wildman–Crippen LogP) is 3.24. The van der Waals surface area contributed by atoms with E-state index in [1.165, 1.54) is 29.4 Å². The Morgan fingerprint density at radius 2 is 2.03 bits per heavy atom. The van der Waals surface area contributed by atoms with Crippen LogP contribution in [-0.2, 0) is 0 Å². The number of carbonyl (C=O) groups is 1. The van der Waals surface area contributed by atoms with Crippen LogP contribution in [0.1, 0.15) is 30.6 Å². The molecule has 0 spiro atoms. The third kappa shape index (κ3) is 3.61. The van der Waals surface area contributed by atoms with Crippen LogP contribution in [0.3, 0.4) is 0 Å². The Balaban J connectivity index is 1.43. The fraction of sp³-hybridized carbons (Fsp3) is 0.300. The Labute approximate surface area is 165 Å². The highest BCUT2D eigenvalue weighted by molar-refractivity contribution is 5.79. The van der Waals surface area contributed by atoms with Crippen LogP contribution in [0.4, 0.5) is 13.6 Å². The van der Waals surface area contributed by atoms with Crippen molar-refractivity contribution in [2.24, 2.45) is 5.10 Å². The van der Waals surface area contributed by atoms with Crippen molar-refractivity contribution in [2.75, 3.05) is 6.54 Å². The zero-order valence-corrected chi connectivity index (χ0v) is 15.5. The fourth-order valence-corrected chi connectivity index (χ4v) is 3.46. The maximum absolute atomic E-state index is 13.6. The number of hydrogen-bond acceptors (Lipinski definition) is 5. The van der Waals surface area contributed by atoms with E-state index >= 15 is 0 Å². The minimum absolute atomic E-state index is 0.234. The maximum Gasteiger partial charge on any atom is 0.341 e. The summed E-state index contributed by atoms with van der Waals surface area (Å²) < 4.78 is 33.0. The van der Waals surface area contributed by atoms with Crippen molar-refractivity contribution in [3.63, 3.8) is 0 Å². The minimum atomic E-state index is -0.695.